The molecule has 0 rings (SSSR count). The van der Waals surface area contributed by atoms with E-state index in [-0.39, 0.29) is 84.9 Å². The van der Waals surface area contributed by atoms with Crippen LogP contribution in [0.1, 0.15) is 0 Å². The minimum atomic E-state index is -4.64. The average molecular weight is 418 g/mol. The fourth-order valence-electron chi connectivity index (χ4n) is 0. The molecule has 0 fully saturated rings. The van der Waals surface area contributed by atoms with Gasteiger partial charge < -0.3 is 44.0 Å². The average Bonchev–Trinajstić information content (AvgIpc) is 1.41. The molecule has 0 spiro atoms. The van der Waals surface area contributed by atoms with Gasteiger partial charge in [-0.1, -0.05) is 0 Å². The van der Waals surface area contributed by atoms with Gasteiger partial charge in [-0.3, -0.25) is 9.41 Å². The zero-order valence-electron chi connectivity index (χ0n) is 7.41. The summed E-state index contributed by atoms with van der Waals surface area (Å²) in [6.45, 7) is 0. The standard InChI is InChI=1S/2Ca.2FH.3H3O4P.4H/c;;;;3*1-5(2,3)4;;;;/h;;2*1H;3*(H3,1,2,3,4);;;;. The summed E-state index contributed by atoms with van der Waals surface area (Å²) in [4.78, 5) is 64.7. The zero-order chi connectivity index (χ0) is 13.5. The van der Waals surface area contributed by atoms with Crippen LogP contribution in [0.3, 0.4) is 0 Å². The summed E-state index contributed by atoms with van der Waals surface area (Å²) >= 11 is 0. The van der Waals surface area contributed by atoms with Gasteiger partial charge in [0.1, 0.15) is 0 Å². The molecular weight excluding hydrogens is 403 g/mol. The molecular formula is H15Ca2F2O12P3. The predicted molar refractivity (Wildman–Crippen MR) is 64.9 cm³/mol. The first kappa shape index (κ1) is 43.0. The van der Waals surface area contributed by atoms with Crippen LogP contribution in [0.15, 0.2) is 0 Å². The summed E-state index contributed by atoms with van der Waals surface area (Å²) in [5.74, 6) is 0. The molecule has 0 saturated carbocycles. The van der Waals surface area contributed by atoms with Gasteiger partial charge in [0.05, 0.1) is 0 Å². The molecule has 0 aromatic rings. The molecule has 0 radical (unpaired) electrons. The molecule has 0 saturated heterocycles. The Morgan fingerprint density at radius 2 is 0.421 bits per heavy atom. The van der Waals surface area contributed by atoms with Gasteiger partial charge in [-0.25, -0.2) is 13.7 Å². The number of hydrogen-bond acceptors (Lipinski definition) is 3. The van der Waals surface area contributed by atoms with Crippen LogP contribution in [0.2, 0.25) is 0 Å². The fraction of sp³-hybridized carbons (Fsp3) is 0. The summed E-state index contributed by atoms with van der Waals surface area (Å²) in [5.41, 5.74) is 0. The molecule has 0 aliphatic rings. The molecule has 9 N–H and O–H groups in total. The van der Waals surface area contributed by atoms with Crippen molar-refractivity contribution in [1.82, 2.24) is 0 Å². The molecule has 0 unspecified atom stereocenters. The van der Waals surface area contributed by atoms with Gasteiger partial charge in [0.15, 0.2) is 0 Å². The Hall–Kier alpha value is 2.71. The van der Waals surface area contributed by atoms with Gasteiger partial charge in [0.2, 0.25) is 0 Å². The summed E-state index contributed by atoms with van der Waals surface area (Å²) < 4.78 is 26.6. The van der Waals surface area contributed by atoms with E-state index in [0.29, 0.717) is 0 Å². The topological polar surface area (TPSA) is 233 Å². The van der Waals surface area contributed by atoms with Gasteiger partial charge >= 0.3 is 98.9 Å². The van der Waals surface area contributed by atoms with Crippen molar-refractivity contribution < 1.29 is 67.1 Å². The quantitative estimate of drug-likeness (QED) is 0.134. The molecule has 19 heavy (non-hydrogen) atoms. The second kappa shape index (κ2) is 18.8. The molecule has 0 aliphatic carbocycles. The second-order valence-corrected chi connectivity index (χ2v) is 4.62. The Bertz CT molecular complexity index is 215. The van der Waals surface area contributed by atoms with Gasteiger partial charge in [0, 0.05) is 0 Å². The zero-order valence-corrected chi connectivity index (χ0v) is 10.1. The van der Waals surface area contributed by atoms with E-state index in [0.717, 1.165) is 0 Å². The van der Waals surface area contributed by atoms with Gasteiger partial charge in [-0.15, -0.1) is 0 Å². The van der Waals surface area contributed by atoms with E-state index in [4.69, 9.17) is 57.7 Å². The molecule has 19 heteroatoms. The van der Waals surface area contributed by atoms with Crippen molar-refractivity contribution in [3.63, 3.8) is 0 Å². The fourth-order valence-corrected chi connectivity index (χ4v) is 0. The summed E-state index contributed by atoms with van der Waals surface area (Å²) in [6.07, 6.45) is 0. The molecule has 0 atom stereocenters. The Morgan fingerprint density at radius 3 is 0.421 bits per heavy atom. The van der Waals surface area contributed by atoms with Crippen LogP contribution in [0.25, 0.3) is 0 Å². The number of phosphoric acid groups is 3. The first-order valence-corrected chi connectivity index (χ1v) is 7.04. The molecule has 120 valence electrons. The van der Waals surface area contributed by atoms with Crippen molar-refractivity contribution in [3.8, 4) is 0 Å². The van der Waals surface area contributed by atoms with Crippen LogP contribution in [0, 0.1) is 0 Å². The third-order valence-corrected chi connectivity index (χ3v) is 0. The number of rotatable bonds is 0. The molecule has 0 bridgehead atoms. The van der Waals surface area contributed by atoms with Crippen molar-refractivity contribution in [3.05, 3.63) is 0 Å². The van der Waals surface area contributed by atoms with E-state index in [1.54, 1.807) is 0 Å². The molecule has 12 nitrogen and oxygen atoms in total. The van der Waals surface area contributed by atoms with Crippen molar-refractivity contribution in [2.45, 2.75) is 0 Å². The van der Waals surface area contributed by atoms with Crippen LogP contribution in [-0.4, -0.2) is 120 Å². The molecule has 0 heterocycles. The van der Waals surface area contributed by atoms with E-state index < -0.39 is 23.5 Å². The predicted octanol–water partition coefficient (Wildman–Crippen LogP) is -4.31. The second-order valence-electron chi connectivity index (χ2n) is 1.54. The maximum absolute atomic E-state index is 8.88. The van der Waals surface area contributed by atoms with E-state index in [1.165, 1.54) is 0 Å². The summed E-state index contributed by atoms with van der Waals surface area (Å²) in [5, 5.41) is 0. The third-order valence-electron chi connectivity index (χ3n) is 0. The van der Waals surface area contributed by atoms with E-state index >= 15 is 0 Å². The van der Waals surface area contributed by atoms with Crippen LogP contribution < -0.4 is 0 Å². The molecule has 0 aromatic carbocycles. The van der Waals surface area contributed by atoms with E-state index in [1.807, 2.05) is 0 Å². The Balaban J connectivity index is -0.0000000206. The molecule has 0 aromatic heterocycles. The maximum atomic E-state index is 8.88. The third kappa shape index (κ3) is 987. The van der Waals surface area contributed by atoms with Crippen molar-refractivity contribution in [1.29, 1.82) is 0 Å². The molecule has 0 aliphatic heterocycles. The van der Waals surface area contributed by atoms with Crippen molar-refractivity contribution in [2.75, 3.05) is 0 Å². The van der Waals surface area contributed by atoms with E-state index in [9.17, 15) is 0 Å². The Morgan fingerprint density at radius 1 is 0.421 bits per heavy atom. The van der Waals surface area contributed by atoms with Gasteiger partial charge in [0.25, 0.3) is 0 Å². The Labute approximate surface area is 164 Å². The van der Waals surface area contributed by atoms with Crippen LogP contribution in [0.4, 0.5) is 9.41 Å². The first-order valence-electron chi connectivity index (χ1n) is 2.35. The van der Waals surface area contributed by atoms with Crippen molar-refractivity contribution in [2.24, 2.45) is 0 Å². The first-order chi connectivity index (χ1) is 6.00. The number of hydrogen-bond donors (Lipinski definition) is 9. The van der Waals surface area contributed by atoms with Gasteiger partial charge in [-0.2, -0.15) is 0 Å². The van der Waals surface area contributed by atoms with Crippen molar-refractivity contribution >= 4 is 98.9 Å². The van der Waals surface area contributed by atoms with E-state index in [2.05, 4.69) is 0 Å². The van der Waals surface area contributed by atoms with Gasteiger partial charge in [-0.05, 0) is 0 Å². The summed E-state index contributed by atoms with van der Waals surface area (Å²) in [7, 11) is -13.9. The van der Waals surface area contributed by atoms with Crippen LogP contribution >= 0.6 is 23.5 Å². The summed E-state index contributed by atoms with van der Waals surface area (Å²) in [6, 6.07) is 0. The van der Waals surface area contributed by atoms with Crippen LogP contribution in [-0.2, 0) is 13.7 Å². The monoisotopic (exact) mass is 418 g/mol. The normalized spacial score (nSPS) is 9.32. The molecule has 0 amide bonds. The Kier molecular flexibility index (Phi) is 42.5. The van der Waals surface area contributed by atoms with Crippen LogP contribution in [0.5, 0.6) is 0 Å². The SMILES string of the molecule is F.F.O=P(O)(O)O.O=P(O)(O)O.O=P(O)(O)O.[CaH2].[CaH2]. The minimum absolute atomic E-state index is 0. The number of halogens is 2.